The second-order valence-corrected chi connectivity index (χ2v) is 17.3. The van der Waals surface area contributed by atoms with E-state index in [9.17, 15) is 0 Å². The van der Waals surface area contributed by atoms with Gasteiger partial charge in [-0.2, -0.15) is 0 Å². The van der Waals surface area contributed by atoms with Crippen molar-refractivity contribution in [2.45, 2.75) is 136 Å². The van der Waals surface area contributed by atoms with Crippen LogP contribution in [-0.4, -0.2) is 42.0 Å². The molecule has 0 saturated heterocycles. The number of ether oxygens (including phenoxy) is 1. The second kappa shape index (κ2) is 20.2. The molecule has 0 aromatic heterocycles. The lowest BCUT2D eigenvalue weighted by atomic mass is 10.1. The fraction of sp³-hybridized carbons (Fsp3) is 1.00. The summed E-state index contributed by atoms with van der Waals surface area (Å²) >= 11 is 3.48. The van der Waals surface area contributed by atoms with Crippen LogP contribution in [0.1, 0.15) is 104 Å². The van der Waals surface area contributed by atoms with Crippen LogP contribution in [0.5, 0.6) is 0 Å². The summed E-state index contributed by atoms with van der Waals surface area (Å²) in [5.74, 6) is 0. The third kappa shape index (κ3) is 21.1. The first-order valence-electron chi connectivity index (χ1n) is 13.0. The molecule has 0 fully saturated rings. The second-order valence-electron chi connectivity index (χ2n) is 9.54. The molecule has 1 atom stereocenters. The Labute approximate surface area is 205 Å². The Morgan fingerprint density at radius 3 is 1.81 bits per heavy atom. The van der Waals surface area contributed by atoms with Crippen molar-refractivity contribution in [3.8, 4) is 0 Å². The Balaban J connectivity index is 4.51. The van der Waals surface area contributed by atoms with Crippen LogP contribution in [0, 0.1) is 0 Å². The minimum absolute atomic E-state index is 0.142. The molecule has 0 amide bonds. The van der Waals surface area contributed by atoms with Crippen LogP contribution in [0.25, 0.3) is 0 Å². The molecule has 0 aromatic rings. The molecule has 0 bridgehead atoms. The molecular weight excluding hydrogens is 488 g/mol. The molecule has 0 saturated carbocycles. The van der Waals surface area contributed by atoms with E-state index in [4.69, 9.17) is 17.7 Å². The maximum atomic E-state index is 6.49. The van der Waals surface area contributed by atoms with Crippen LogP contribution in [0.2, 0.25) is 26.2 Å². The zero-order valence-electron chi connectivity index (χ0n) is 21.6. The summed E-state index contributed by atoms with van der Waals surface area (Å²) in [7, 11) is -4.52. The lowest BCUT2D eigenvalue weighted by molar-refractivity contribution is -0.101. The molecule has 0 rings (SSSR count). The third-order valence-corrected chi connectivity index (χ3v) is 11.5. The SMILES string of the molecule is CCCCCCCCOC(CCCCCCC)O[Si](C)(C)O[Si](C)(C)OCCCCBr. The standard InChI is InChI=1S/C24H53BrO4Si2/c1-7-9-11-13-15-18-22-26-24(20-16-14-12-10-8-2)28-31(5,6)29-30(3,4)27-23-19-17-21-25/h24H,7-23H2,1-6H3. The van der Waals surface area contributed by atoms with Crippen molar-refractivity contribution >= 4 is 33.1 Å². The first-order valence-corrected chi connectivity index (χ1v) is 19.7. The molecule has 0 spiro atoms. The van der Waals surface area contributed by atoms with E-state index in [0.717, 1.165) is 50.6 Å². The van der Waals surface area contributed by atoms with Crippen molar-refractivity contribution < 1.29 is 17.7 Å². The summed E-state index contributed by atoms with van der Waals surface area (Å²) in [6.07, 6.45) is 17.0. The van der Waals surface area contributed by atoms with E-state index in [1.807, 2.05) is 0 Å². The number of alkyl halides is 1. The minimum atomic E-state index is -2.33. The first-order chi connectivity index (χ1) is 14.8. The van der Waals surface area contributed by atoms with Crippen LogP contribution in [0.15, 0.2) is 0 Å². The predicted octanol–water partition coefficient (Wildman–Crippen LogP) is 8.68. The van der Waals surface area contributed by atoms with Gasteiger partial charge in [-0.3, -0.25) is 0 Å². The smallest absolute Gasteiger partial charge is 0.324 e. The van der Waals surface area contributed by atoms with E-state index >= 15 is 0 Å². The molecule has 0 aliphatic carbocycles. The van der Waals surface area contributed by atoms with Gasteiger partial charge < -0.3 is 17.7 Å². The fourth-order valence-corrected chi connectivity index (χ4v) is 10.7. The monoisotopic (exact) mass is 540 g/mol. The largest absolute Gasteiger partial charge is 0.415 e. The molecule has 0 N–H and O–H groups in total. The van der Waals surface area contributed by atoms with Crippen LogP contribution < -0.4 is 0 Å². The molecule has 0 aromatic carbocycles. The summed E-state index contributed by atoms with van der Waals surface area (Å²) < 4.78 is 25.3. The summed E-state index contributed by atoms with van der Waals surface area (Å²) in [6.45, 7) is 14.6. The van der Waals surface area contributed by atoms with Gasteiger partial charge in [-0.15, -0.1) is 0 Å². The van der Waals surface area contributed by atoms with E-state index < -0.39 is 17.1 Å². The van der Waals surface area contributed by atoms with Crippen LogP contribution in [0.4, 0.5) is 0 Å². The van der Waals surface area contributed by atoms with Gasteiger partial charge in [0.25, 0.3) is 0 Å². The van der Waals surface area contributed by atoms with Gasteiger partial charge in [0.2, 0.25) is 0 Å². The Bertz CT molecular complexity index is 398. The van der Waals surface area contributed by atoms with Gasteiger partial charge in [-0.05, 0) is 58.3 Å². The highest BCUT2D eigenvalue weighted by Gasteiger charge is 2.38. The molecule has 7 heteroatoms. The van der Waals surface area contributed by atoms with Gasteiger partial charge in [0.1, 0.15) is 6.29 Å². The zero-order chi connectivity index (χ0) is 23.4. The molecule has 188 valence electrons. The Morgan fingerprint density at radius 2 is 1.19 bits per heavy atom. The number of unbranched alkanes of at least 4 members (excludes halogenated alkanes) is 10. The van der Waals surface area contributed by atoms with E-state index in [0.29, 0.717) is 0 Å². The van der Waals surface area contributed by atoms with Gasteiger partial charge >= 0.3 is 17.1 Å². The lowest BCUT2D eigenvalue weighted by Crippen LogP contribution is -2.50. The predicted molar refractivity (Wildman–Crippen MR) is 143 cm³/mol. The molecule has 0 heterocycles. The number of hydrogen-bond donors (Lipinski definition) is 0. The molecule has 1 unspecified atom stereocenters. The van der Waals surface area contributed by atoms with E-state index in [1.165, 1.54) is 57.8 Å². The topological polar surface area (TPSA) is 36.9 Å². The summed E-state index contributed by atoms with van der Waals surface area (Å²) in [5.41, 5.74) is 0. The highest BCUT2D eigenvalue weighted by molar-refractivity contribution is 9.09. The molecule has 0 aliphatic heterocycles. The van der Waals surface area contributed by atoms with Crippen molar-refractivity contribution in [1.29, 1.82) is 0 Å². The fourth-order valence-electron chi connectivity index (χ4n) is 3.66. The normalized spacial score (nSPS) is 13.6. The van der Waals surface area contributed by atoms with Crippen molar-refractivity contribution in [1.82, 2.24) is 0 Å². The molecule has 0 radical (unpaired) electrons. The highest BCUT2D eigenvalue weighted by atomic mass is 79.9. The summed E-state index contributed by atoms with van der Waals surface area (Å²) in [4.78, 5) is 0. The highest BCUT2D eigenvalue weighted by Crippen LogP contribution is 2.22. The average molecular weight is 542 g/mol. The Hall–Kier alpha value is 0.754. The van der Waals surface area contributed by atoms with E-state index in [2.05, 4.69) is 56.0 Å². The quantitative estimate of drug-likeness (QED) is 0.0561. The number of rotatable bonds is 23. The van der Waals surface area contributed by atoms with Crippen molar-refractivity contribution in [2.75, 3.05) is 18.5 Å². The van der Waals surface area contributed by atoms with Crippen LogP contribution in [0.3, 0.4) is 0 Å². The van der Waals surface area contributed by atoms with Gasteiger partial charge in [0.15, 0.2) is 0 Å². The Kier molecular flexibility index (Phi) is 20.6. The average Bonchev–Trinajstić information content (AvgIpc) is 2.69. The van der Waals surface area contributed by atoms with Crippen molar-refractivity contribution in [3.63, 3.8) is 0 Å². The third-order valence-electron chi connectivity index (χ3n) is 5.23. The van der Waals surface area contributed by atoms with Crippen molar-refractivity contribution in [3.05, 3.63) is 0 Å². The van der Waals surface area contributed by atoms with E-state index in [1.54, 1.807) is 0 Å². The van der Waals surface area contributed by atoms with Crippen LogP contribution in [-0.2, 0) is 17.7 Å². The van der Waals surface area contributed by atoms with Gasteiger partial charge in [0, 0.05) is 18.5 Å². The number of hydrogen-bond acceptors (Lipinski definition) is 4. The van der Waals surface area contributed by atoms with Gasteiger partial charge in [-0.25, -0.2) is 0 Å². The minimum Gasteiger partial charge on any atom is -0.415 e. The number of halogens is 1. The van der Waals surface area contributed by atoms with Gasteiger partial charge in [0.05, 0.1) is 0 Å². The van der Waals surface area contributed by atoms with Crippen molar-refractivity contribution in [2.24, 2.45) is 0 Å². The summed E-state index contributed by atoms with van der Waals surface area (Å²) in [6, 6.07) is 0. The zero-order valence-corrected chi connectivity index (χ0v) is 25.2. The lowest BCUT2D eigenvalue weighted by Gasteiger charge is -2.35. The maximum Gasteiger partial charge on any atom is 0.324 e. The first kappa shape index (κ1) is 31.8. The molecule has 31 heavy (non-hydrogen) atoms. The maximum absolute atomic E-state index is 6.49. The molecule has 0 aliphatic rings. The molecular formula is C24H53BrO4Si2. The van der Waals surface area contributed by atoms with Gasteiger partial charge in [-0.1, -0.05) is 87.6 Å². The van der Waals surface area contributed by atoms with E-state index in [-0.39, 0.29) is 6.29 Å². The molecule has 4 nitrogen and oxygen atoms in total. The van der Waals surface area contributed by atoms with Crippen LogP contribution >= 0.6 is 15.9 Å². The Morgan fingerprint density at radius 1 is 0.645 bits per heavy atom. The summed E-state index contributed by atoms with van der Waals surface area (Å²) in [5, 5.41) is 1.03.